The van der Waals surface area contributed by atoms with E-state index in [0.29, 0.717) is 12.8 Å². The number of carboxylic acid groups (broad SMARTS) is 1. The summed E-state index contributed by atoms with van der Waals surface area (Å²) < 4.78 is 32.6. The van der Waals surface area contributed by atoms with Gasteiger partial charge < -0.3 is 25.2 Å². The molecule has 0 aliphatic carbocycles. The third kappa shape index (κ3) is 36.7. The predicted octanol–water partition coefficient (Wildman–Crippen LogP) is 10.7. The maximum Gasteiger partial charge on any atom is 0.472 e. The average Bonchev–Trinajstić information content (AvgIpc) is 3.13. The zero-order valence-electron chi connectivity index (χ0n) is 33.4. The van der Waals surface area contributed by atoms with E-state index >= 15 is 0 Å². The number of carbonyl (C=O) groups excluding carboxylic acids is 2. The van der Waals surface area contributed by atoms with E-state index in [-0.39, 0.29) is 19.4 Å². The molecule has 4 N–H and O–H groups in total. The highest BCUT2D eigenvalue weighted by atomic mass is 31.2. The molecule has 0 heterocycles. The smallest absolute Gasteiger partial charge is 0.472 e. The Hall–Kier alpha value is -2.04. The van der Waals surface area contributed by atoms with Crippen LogP contribution < -0.4 is 5.73 Å². The van der Waals surface area contributed by atoms with Gasteiger partial charge in [0.05, 0.1) is 13.2 Å². The van der Waals surface area contributed by atoms with Crippen LogP contribution in [0.25, 0.3) is 0 Å². The van der Waals surface area contributed by atoms with Crippen LogP contribution in [0.4, 0.5) is 0 Å². The summed E-state index contributed by atoms with van der Waals surface area (Å²) in [4.78, 5) is 45.9. The van der Waals surface area contributed by atoms with Crippen LogP contribution in [-0.2, 0) is 37.5 Å². The number of unbranched alkanes of at least 4 members (excludes halogenated alkanes) is 21. The molecule has 0 aliphatic heterocycles. The molecular weight excluding hydrogens is 697 g/mol. The standard InChI is InChI=1S/C41H76NO10P/c1-3-5-7-9-11-13-15-17-19-21-22-24-26-28-30-32-39(43)49-34-37(35-50-53(47,48)51-36-38(42)41(45)46)52-40(44)33-31-29-27-25-23-20-18-16-14-12-10-8-6-4-2/h13,15-16,18,37-38H,3-12,14,17,19-36,42H2,1-2H3,(H,45,46)(H,47,48)/b15-13+,18-16+/t37-,38+/m1/s1. The largest absolute Gasteiger partial charge is 0.480 e. The summed E-state index contributed by atoms with van der Waals surface area (Å²) in [6.07, 6.45) is 36.7. The molecule has 3 atom stereocenters. The van der Waals surface area contributed by atoms with Gasteiger partial charge in [-0.25, -0.2) is 4.57 Å². The molecule has 12 heteroatoms. The summed E-state index contributed by atoms with van der Waals surface area (Å²) in [5.41, 5.74) is 5.32. The Balaban J connectivity index is 4.40. The van der Waals surface area contributed by atoms with E-state index < -0.39 is 51.1 Å². The van der Waals surface area contributed by atoms with Gasteiger partial charge in [-0.15, -0.1) is 0 Å². The molecule has 0 radical (unpaired) electrons. The maximum atomic E-state index is 12.6. The molecule has 0 saturated heterocycles. The highest BCUT2D eigenvalue weighted by Gasteiger charge is 2.28. The van der Waals surface area contributed by atoms with E-state index in [1.54, 1.807) is 0 Å². The predicted molar refractivity (Wildman–Crippen MR) is 212 cm³/mol. The quantitative estimate of drug-likeness (QED) is 0.0235. The zero-order valence-corrected chi connectivity index (χ0v) is 34.3. The van der Waals surface area contributed by atoms with E-state index in [0.717, 1.165) is 64.2 Å². The van der Waals surface area contributed by atoms with Gasteiger partial charge in [0.25, 0.3) is 0 Å². The van der Waals surface area contributed by atoms with E-state index in [4.69, 9.17) is 24.8 Å². The van der Waals surface area contributed by atoms with E-state index in [2.05, 4.69) is 42.7 Å². The van der Waals surface area contributed by atoms with Crippen molar-refractivity contribution in [2.45, 2.75) is 199 Å². The molecule has 0 saturated carbocycles. The fourth-order valence-electron chi connectivity index (χ4n) is 5.58. The number of phosphoric acid groups is 1. The molecule has 0 amide bonds. The number of hydrogen-bond acceptors (Lipinski definition) is 9. The minimum Gasteiger partial charge on any atom is -0.480 e. The Labute approximate surface area is 321 Å². The summed E-state index contributed by atoms with van der Waals surface area (Å²) in [5.74, 6) is -2.39. The summed E-state index contributed by atoms with van der Waals surface area (Å²) in [6, 6.07) is -1.52. The summed E-state index contributed by atoms with van der Waals surface area (Å²) >= 11 is 0. The molecule has 0 spiro atoms. The minimum atomic E-state index is -4.71. The first-order valence-electron chi connectivity index (χ1n) is 20.9. The number of rotatable bonds is 39. The van der Waals surface area contributed by atoms with Gasteiger partial charge in [-0.05, 0) is 64.2 Å². The number of aliphatic carboxylic acids is 1. The number of phosphoric ester groups is 1. The molecule has 310 valence electrons. The lowest BCUT2D eigenvalue weighted by Gasteiger charge is -2.20. The second-order valence-electron chi connectivity index (χ2n) is 14.1. The van der Waals surface area contributed by atoms with Crippen molar-refractivity contribution < 1.29 is 47.5 Å². The molecule has 0 aromatic rings. The Morgan fingerprint density at radius 2 is 0.943 bits per heavy atom. The lowest BCUT2D eigenvalue weighted by atomic mass is 10.1. The molecule has 0 aliphatic rings. The molecule has 11 nitrogen and oxygen atoms in total. The number of ether oxygens (including phenoxy) is 2. The number of allylic oxidation sites excluding steroid dienone is 4. The Bertz CT molecular complexity index is 1010. The van der Waals surface area contributed by atoms with Crippen LogP contribution in [0.5, 0.6) is 0 Å². The zero-order chi connectivity index (χ0) is 39.3. The van der Waals surface area contributed by atoms with Gasteiger partial charge in [0.2, 0.25) is 0 Å². The monoisotopic (exact) mass is 774 g/mol. The lowest BCUT2D eigenvalue weighted by molar-refractivity contribution is -0.161. The molecule has 1 unspecified atom stereocenters. The van der Waals surface area contributed by atoms with Crippen molar-refractivity contribution in [3.8, 4) is 0 Å². The van der Waals surface area contributed by atoms with Crippen molar-refractivity contribution in [1.82, 2.24) is 0 Å². The van der Waals surface area contributed by atoms with Gasteiger partial charge in [0.1, 0.15) is 12.6 Å². The molecule has 0 aromatic carbocycles. The topological polar surface area (TPSA) is 172 Å². The van der Waals surface area contributed by atoms with Crippen LogP contribution in [0.1, 0.15) is 187 Å². The highest BCUT2D eigenvalue weighted by Crippen LogP contribution is 2.43. The third-order valence-electron chi connectivity index (χ3n) is 8.92. The van der Waals surface area contributed by atoms with E-state index in [1.807, 2.05) is 0 Å². The SMILES string of the molecule is CCCCCC/C=C/CCCCCCCCCC(=O)OC[C@H](COP(=O)(O)OC[C@H](N)C(=O)O)OC(=O)CCCCCCC/C=C/CCCCCCC. The van der Waals surface area contributed by atoms with Crippen molar-refractivity contribution in [2.75, 3.05) is 19.8 Å². The number of carbonyl (C=O) groups is 3. The number of nitrogens with two attached hydrogens (primary N) is 1. The van der Waals surface area contributed by atoms with Gasteiger partial charge >= 0.3 is 25.7 Å². The van der Waals surface area contributed by atoms with Crippen molar-refractivity contribution in [3.63, 3.8) is 0 Å². The molecule has 0 bridgehead atoms. The third-order valence-corrected chi connectivity index (χ3v) is 9.87. The second kappa shape index (κ2) is 36.9. The Kier molecular flexibility index (Phi) is 35.5. The highest BCUT2D eigenvalue weighted by molar-refractivity contribution is 7.47. The van der Waals surface area contributed by atoms with Gasteiger partial charge in [-0.2, -0.15) is 0 Å². The van der Waals surface area contributed by atoms with Gasteiger partial charge in [-0.3, -0.25) is 23.4 Å². The van der Waals surface area contributed by atoms with E-state index in [9.17, 15) is 23.8 Å². The van der Waals surface area contributed by atoms with Crippen molar-refractivity contribution in [2.24, 2.45) is 5.73 Å². The van der Waals surface area contributed by atoms with Crippen LogP contribution in [0.2, 0.25) is 0 Å². The van der Waals surface area contributed by atoms with Gasteiger partial charge in [0, 0.05) is 12.8 Å². The Morgan fingerprint density at radius 3 is 1.40 bits per heavy atom. The normalized spacial score (nSPS) is 14.0. The first-order valence-corrected chi connectivity index (χ1v) is 22.4. The van der Waals surface area contributed by atoms with E-state index in [1.165, 1.54) is 83.5 Å². The summed E-state index contributed by atoms with van der Waals surface area (Å²) in [6.45, 7) is 2.77. The van der Waals surface area contributed by atoms with Crippen LogP contribution in [0.15, 0.2) is 24.3 Å². The van der Waals surface area contributed by atoms with Crippen molar-refractivity contribution in [3.05, 3.63) is 24.3 Å². The number of esters is 2. The minimum absolute atomic E-state index is 0.152. The summed E-state index contributed by atoms with van der Waals surface area (Å²) in [5, 5.41) is 8.87. The fourth-order valence-corrected chi connectivity index (χ4v) is 6.36. The van der Waals surface area contributed by atoms with Crippen molar-refractivity contribution in [1.29, 1.82) is 0 Å². The molecule has 0 rings (SSSR count). The Morgan fingerprint density at radius 1 is 0.566 bits per heavy atom. The first kappa shape index (κ1) is 51.0. The second-order valence-corrected chi connectivity index (χ2v) is 15.6. The fraction of sp³-hybridized carbons (Fsp3) is 0.829. The maximum absolute atomic E-state index is 12.6. The van der Waals surface area contributed by atoms with Gasteiger partial charge in [0.15, 0.2) is 6.10 Å². The van der Waals surface area contributed by atoms with Crippen LogP contribution >= 0.6 is 7.82 Å². The number of carboxylic acids is 1. The molecule has 0 aromatic heterocycles. The molecular formula is C41H76NO10P. The van der Waals surface area contributed by atoms with Crippen LogP contribution in [0.3, 0.4) is 0 Å². The van der Waals surface area contributed by atoms with Gasteiger partial charge in [-0.1, -0.05) is 134 Å². The molecule has 0 fully saturated rings. The number of hydrogen-bond donors (Lipinski definition) is 3. The average molecular weight is 774 g/mol. The first-order chi connectivity index (χ1) is 25.6. The van der Waals surface area contributed by atoms with Crippen LogP contribution in [-0.4, -0.2) is 59.9 Å². The lowest BCUT2D eigenvalue weighted by Crippen LogP contribution is -2.34. The van der Waals surface area contributed by atoms with Crippen molar-refractivity contribution >= 4 is 25.7 Å². The summed E-state index contributed by atoms with van der Waals surface area (Å²) in [7, 11) is -4.71. The molecule has 53 heavy (non-hydrogen) atoms. The van der Waals surface area contributed by atoms with Crippen LogP contribution in [0, 0.1) is 0 Å².